The van der Waals surface area contributed by atoms with E-state index in [9.17, 15) is 4.39 Å². The fraction of sp³-hybridized carbons (Fsp3) is 0.143. The number of aromatic nitrogens is 2. The molecule has 0 saturated carbocycles. The molecule has 7 nitrogen and oxygen atoms in total. The minimum Gasteiger partial charge on any atom is -0.484 e. The predicted octanol–water partition coefficient (Wildman–Crippen LogP) is 1.95. The highest BCUT2D eigenvalue weighted by Gasteiger charge is 2.07. The smallest absolute Gasteiger partial charge is 0.237 e. The molecule has 1 aromatic heterocycles. The predicted molar refractivity (Wildman–Crippen MR) is 76.2 cm³/mol. The van der Waals surface area contributed by atoms with Crippen molar-refractivity contribution in [3.8, 4) is 17.9 Å². The normalized spacial score (nSPS) is 9.45. The Kier molecular flexibility index (Phi) is 4.68. The first-order valence-electron chi connectivity index (χ1n) is 6.17. The van der Waals surface area contributed by atoms with Crippen LogP contribution in [-0.4, -0.2) is 15.5 Å². The summed E-state index contributed by atoms with van der Waals surface area (Å²) in [7, 11) is 1.77. The molecule has 0 aliphatic rings. The van der Waals surface area contributed by atoms with Crippen LogP contribution in [0.25, 0.3) is 0 Å². The van der Waals surface area contributed by atoms with Gasteiger partial charge in [-0.05, 0) is 18.2 Å². The van der Waals surface area contributed by atoms with Gasteiger partial charge in [-0.15, -0.1) is 0 Å². The maximum absolute atomic E-state index is 13.9. The average molecular weight is 298 g/mol. The van der Waals surface area contributed by atoms with E-state index >= 15 is 0 Å². The van der Waals surface area contributed by atoms with E-state index in [2.05, 4.69) is 15.6 Å². The summed E-state index contributed by atoms with van der Waals surface area (Å²) in [6, 6.07) is 9.07. The van der Waals surface area contributed by atoms with E-state index in [1.807, 2.05) is 0 Å². The SMILES string of the molecule is Cn1nccc1COc1ccc(NN=C(C#N)C#N)cc1F. The molecule has 0 bridgehead atoms. The number of hydrogen-bond acceptors (Lipinski definition) is 6. The number of rotatable bonds is 5. The lowest BCUT2D eigenvalue weighted by Gasteiger charge is -2.08. The van der Waals surface area contributed by atoms with Crippen molar-refractivity contribution in [1.82, 2.24) is 9.78 Å². The van der Waals surface area contributed by atoms with Gasteiger partial charge in [0.05, 0.1) is 11.4 Å². The topological polar surface area (TPSA) is 99.0 Å². The minimum atomic E-state index is -0.585. The third-order valence-electron chi connectivity index (χ3n) is 2.74. The number of nitrogens with one attached hydrogen (secondary N) is 1. The zero-order chi connectivity index (χ0) is 15.9. The number of aryl methyl sites for hydroxylation is 1. The zero-order valence-corrected chi connectivity index (χ0v) is 11.6. The summed E-state index contributed by atoms with van der Waals surface area (Å²) >= 11 is 0. The first-order valence-corrected chi connectivity index (χ1v) is 6.17. The van der Waals surface area contributed by atoms with Crippen LogP contribution in [0.4, 0.5) is 10.1 Å². The maximum Gasteiger partial charge on any atom is 0.237 e. The summed E-state index contributed by atoms with van der Waals surface area (Å²) in [5.41, 5.74) is 3.18. The molecule has 1 N–H and O–H groups in total. The number of halogens is 1. The van der Waals surface area contributed by atoms with Gasteiger partial charge in [-0.1, -0.05) is 0 Å². The molecular formula is C14H11FN6O. The Bertz CT molecular complexity index is 767. The van der Waals surface area contributed by atoms with Gasteiger partial charge < -0.3 is 4.74 Å². The third kappa shape index (κ3) is 3.58. The van der Waals surface area contributed by atoms with Crippen molar-refractivity contribution in [2.75, 3.05) is 5.43 Å². The Morgan fingerprint density at radius 1 is 1.41 bits per heavy atom. The number of nitrogens with zero attached hydrogens (tertiary/aromatic N) is 5. The van der Waals surface area contributed by atoms with E-state index in [-0.39, 0.29) is 18.1 Å². The molecule has 0 saturated heterocycles. The molecule has 0 aliphatic carbocycles. The monoisotopic (exact) mass is 298 g/mol. The van der Waals surface area contributed by atoms with E-state index in [4.69, 9.17) is 15.3 Å². The van der Waals surface area contributed by atoms with Gasteiger partial charge >= 0.3 is 0 Å². The second kappa shape index (κ2) is 6.86. The van der Waals surface area contributed by atoms with Crippen molar-refractivity contribution in [1.29, 1.82) is 10.5 Å². The Labute approximate surface area is 125 Å². The minimum absolute atomic E-state index is 0.0801. The van der Waals surface area contributed by atoms with Gasteiger partial charge in [-0.25, -0.2) is 4.39 Å². The molecule has 8 heteroatoms. The van der Waals surface area contributed by atoms with Crippen LogP contribution in [-0.2, 0) is 13.7 Å². The fourth-order valence-corrected chi connectivity index (χ4v) is 1.58. The van der Waals surface area contributed by atoms with Crippen LogP contribution in [0.3, 0.4) is 0 Å². The third-order valence-corrected chi connectivity index (χ3v) is 2.74. The molecule has 1 aromatic carbocycles. The highest BCUT2D eigenvalue weighted by molar-refractivity contribution is 6.10. The van der Waals surface area contributed by atoms with E-state index < -0.39 is 5.82 Å². The van der Waals surface area contributed by atoms with Gasteiger partial charge in [0.15, 0.2) is 11.6 Å². The van der Waals surface area contributed by atoms with Crippen LogP contribution in [0.5, 0.6) is 5.75 Å². The van der Waals surface area contributed by atoms with Gasteiger partial charge in [0.2, 0.25) is 5.71 Å². The molecule has 2 rings (SSSR count). The highest BCUT2D eigenvalue weighted by Crippen LogP contribution is 2.22. The second-order valence-corrected chi connectivity index (χ2v) is 4.18. The maximum atomic E-state index is 13.9. The van der Waals surface area contributed by atoms with Crippen molar-refractivity contribution in [2.24, 2.45) is 12.1 Å². The van der Waals surface area contributed by atoms with Crippen molar-refractivity contribution >= 4 is 11.4 Å². The van der Waals surface area contributed by atoms with Gasteiger partial charge in [-0.3, -0.25) is 10.1 Å². The van der Waals surface area contributed by atoms with E-state index in [0.717, 1.165) is 11.8 Å². The number of anilines is 1. The average Bonchev–Trinajstić information content (AvgIpc) is 2.93. The van der Waals surface area contributed by atoms with E-state index in [0.29, 0.717) is 5.69 Å². The lowest BCUT2D eigenvalue weighted by atomic mass is 10.3. The molecule has 22 heavy (non-hydrogen) atoms. The number of benzene rings is 1. The van der Waals surface area contributed by atoms with Crippen molar-refractivity contribution in [2.45, 2.75) is 6.61 Å². The lowest BCUT2D eigenvalue weighted by Crippen LogP contribution is -2.04. The van der Waals surface area contributed by atoms with Gasteiger partial charge in [0, 0.05) is 19.3 Å². The van der Waals surface area contributed by atoms with Crippen LogP contribution >= 0.6 is 0 Å². The summed E-state index contributed by atoms with van der Waals surface area (Å²) in [4.78, 5) is 0. The lowest BCUT2D eigenvalue weighted by molar-refractivity contribution is 0.280. The molecule has 2 aromatic rings. The first-order chi connectivity index (χ1) is 10.6. The van der Waals surface area contributed by atoms with Crippen LogP contribution < -0.4 is 10.2 Å². The van der Waals surface area contributed by atoms with Crippen molar-refractivity contribution < 1.29 is 9.13 Å². The molecule has 0 unspecified atom stereocenters. The molecule has 1 heterocycles. The Balaban J connectivity index is 2.04. The number of nitriles is 2. The Hall–Kier alpha value is -3.39. The summed E-state index contributed by atoms with van der Waals surface area (Å²) in [5, 5.41) is 24.6. The molecule has 0 fully saturated rings. The summed E-state index contributed by atoms with van der Waals surface area (Å²) in [6.07, 6.45) is 1.63. The number of ether oxygens (including phenoxy) is 1. The standard InChI is InChI=1S/C14H11FN6O/c1-21-12(4-5-18-21)9-22-14-3-2-10(6-13(14)15)19-20-11(7-16)8-17/h2-6,19H,9H2,1H3. The largest absolute Gasteiger partial charge is 0.484 e. The second-order valence-electron chi connectivity index (χ2n) is 4.18. The molecule has 0 aliphatic heterocycles. The van der Waals surface area contributed by atoms with Crippen molar-refractivity contribution in [3.05, 3.63) is 42.0 Å². The fourth-order valence-electron chi connectivity index (χ4n) is 1.58. The molecule has 0 spiro atoms. The Morgan fingerprint density at radius 3 is 2.77 bits per heavy atom. The van der Waals surface area contributed by atoms with E-state index in [1.54, 1.807) is 36.1 Å². The van der Waals surface area contributed by atoms with Crippen LogP contribution in [0, 0.1) is 28.5 Å². The van der Waals surface area contributed by atoms with E-state index in [1.165, 1.54) is 12.1 Å². The summed E-state index contributed by atoms with van der Waals surface area (Å²) in [6.45, 7) is 0.186. The molecule has 110 valence electrons. The van der Waals surface area contributed by atoms with Gasteiger partial charge in [0.1, 0.15) is 18.7 Å². The van der Waals surface area contributed by atoms with Crippen molar-refractivity contribution in [3.63, 3.8) is 0 Å². The van der Waals surface area contributed by atoms with Crippen LogP contribution in [0.1, 0.15) is 5.69 Å². The van der Waals surface area contributed by atoms with Gasteiger partial charge in [0.25, 0.3) is 0 Å². The van der Waals surface area contributed by atoms with Gasteiger partial charge in [-0.2, -0.15) is 20.7 Å². The van der Waals surface area contributed by atoms with Crippen LogP contribution in [0.2, 0.25) is 0 Å². The number of hydrazone groups is 1. The summed E-state index contributed by atoms with van der Waals surface area (Å²) in [5.74, 6) is -0.505. The highest BCUT2D eigenvalue weighted by atomic mass is 19.1. The zero-order valence-electron chi connectivity index (χ0n) is 11.6. The molecule has 0 radical (unpaired) electrons. The quantitative estimate of drug-likeness (QED) is 0.672. The molecule has 0 atom stereocenters. The van der Waals surface area contributed by atoms with Crippen LogP contribution in [0.15, 0.2) is 35.6 Å². The first kappa shape index (κ1) is 15.0. The Morgan fingerprint density at radius 2 is 2.18 bits per heavy atom. The molecule has 0 amide bonds. The summed E-state index contributed by atoms with van der Waals surface area (Å²) < 4.78 is 20.9. The molecular weight excluding hydrogens is 287 g/mol. The number of hydrogen-bond donors (Lipinski definition) is 1.